The minimum atomic E-state index is -4.57. The van der Waals surface area contributed by atoms with Crippen LogP contribution in [0.2, 0.25) is 5.02 Å². The van der Waals surface area contributed by atoms with Crippen molar-refractivity contribution in [3.63, 3.8) is 0 Å². The topological polar surface area (TPSA) is 72.2 Å². The number of nitriles is 1. The van der Waals surface area contributed by atoms with Crippen molar-refractivity contribution < 1.29 is 31.8 Å². The molecule has 0 spiro atoms. The molecule has 3 aromatic rings. The van der Waals surface area contributed by atoms with Crippen LogP contribution in [0, 0.1) is 23.1 Å². The molecular formula is C27H21ClF4N2O3. The average Bonchev–Trinajstić information content (AvgIpc) is 2.85. The lowest BCUT2D eigenvalue weighted by Gasteiger charge is -2.32. The zero-order valence-corrected chi connectivity index (χ0v) is 20.7. The molecule has 2 aromatic carbocycles. The summed E-state index contributed by atoms with van der Waals surface area (Å²) < 4.78 is 63.2. The van der Waals surface area contributed by atoms with E-state index >= 15 is 0 Å². The fourth-order valence-corrected chi connectivity index (χ4v) is 3.94. The van der Waals surface area contributed by atoms with Gasteiger partial charge >= 0.3 is 12.1 Å². The number of carbonyl (C=O) groups is 1. The van der Waals surface area contributed by atoms with Gasteiger partial charge in [-0.3, -0.25) is 4.79 Å². The maximum Gasteiger partial charge on any atom is 0.416 e. The number of halogens is 5. The van der Waals surface area contributed by atoms with Gasteiger partial charge in [0.15, 0.2) is 0 Å². The van der Waals surface area contributed by atoms with E-state index in [0.717, 1.165) is 12.1 Å². The molecule has 0 saturated carbocycles. The summed E-state index contributed by atoms with van der Waals surface area (Å²) in [6.07, 6.45) is -1.78. The van der Waals surface area contributed by atoms with E-state index in [9.17, 15) is 27.6 Å². The van der Waals surface area contributed by atoms with Crippen LogP contribution in [0.3, 0.4) is 0 Å². The largest absolute Gasteiger partial charge is 0.468 e. The van der Waals surface area contributed by atoms with Gasteiger partial charge in [0.2, 0.25) is 5.88 Å². The Labute approximate surface area is 215 Å². The molecule has 0 aliphatic carbocycles. The summed E-state index contributed by atoms with van der Waals surface area (Å²) in [7, 11) is 1.17. The predicted molar refractivity (Wildman–Crippen MR) is 129 cm³/mol. The lowest BCUT2D eigenvalue weighted by atomic mass is 9.72. The Bertz CT molecular complexity index is 1370. The van der Waals surface area contributed by atoms with Gasteiger partial charge in [-0.25, -0.2) is 9.37 Å². The minimum Gasteiger partial charge on any atom is -0.468 e. The molecule has 37 heavy (non-hydrogen) atoms. The van der Waals surface area contributed by atoms with E-state index in [1.54, 1.807) is 13.8 Å². The molecule has 1 unspecified atom stereocenters. The Kier molecular flexibility index (Phi) is 8.24. The maximum atomic E-state index is 13.3. The summed E-state index contributed by atoms with van der Waals surface area (Å²) in [6, 6.07) is 12.8. The summed E-state index contributed by atoms with van der Waals surface area (Å²) >= 11 is 6.11. The summed E-state index contributed by atoms with van der Waals surface area (Å²) in [5.41, 5.74) is -2.30. The number of methoxy groups -OCH3 is 1. The van der Waals surface area contributed by atoms with Crippen LogP contribution in [0.25, 0.3) is 6.08 Å². The number of hydrogen-bond donors (Lipinski definition) is 0. The van der Waals surface area contributed by atoms with Gasteiger partial charge in [-0.05, 0) is 53.9 Å². The van der Waals surface area contributed by atoms with Gasteiger partial charge in [0.25, 0.3) is 0 Å². The summed E-state index contributed by atoms with van der Waals surface area (Å²) in [5, 5.41) is 9.60. The van der Waals surface area contributed by atoms with Gasteiger partial charge in [-0.1, -0.05) is 43.7 Å². The number of rotatable bonds is 7. The van der Waals surface area contributed by atoms with E-state index in [1.165, 1.54) is 61.7 Å². The Balaban J connectivity index is 2.16. The molecular weight excluding hydrogens is 512 g/mol. The highest BCUT2D eigenvalue weighted by Gasteiger charge is 2.46. The molecule has 3 rings (SSSR count). The Hall–Kier alpha value is -3.90. The van der Waals surface area contributed by atoms with Crippen LogP contribution >= 0.6 is 11.6 Å². The van der Waals surface area contributed by atoms with Gasteiger partial charge in [0, 0.05) is 11.1 Å². The zero-order chi connectivity index (χ0) is 27.4. The lowest BCUT2D eigenvalue weighted by Crippen LogP contribution is -2.41. The van der Waals surface area contributed by atoms with Gasteiger partial charge in [-0.15, -0.1) is 0 Å². The third-order valence-electron chi connectivity index (χ3n) is 5.71. The number of ether oxygens (including phenoxy) is 2. The maximum absolute atomic E-state index is 13.3. The van der Waals surface area contributed by atoms with E-state index in [0.29, 0.717) is 0 Å². The molecule has 192 valence electrons. The van der Waals surface area contributed by atoms with Crippen LogP contribution in [0.1, 0.15) is 36.2 Å². The van der Waals surface area contributed by atoms with Crippen LogP contribution in [0.5, 0.6) is 11.6 Å². The monoisotopic (exact) mass is 532 g/mol. The molecule has 0 fully saturated rings. The first-order valence-corrected chi connectivity index (χ1v) is 11.3. The van der Waals surface area contributed by atoms with Crippen molar-refractivity contribution in [3.05, 3.63) is 93.9 Å². The van der Waals surface area contributed by atoms with Crippen molar-refractivity contribution >= 4 is 23.6 Å². The number of hydrogen-bond acceptors (Lipinski definition) is 5. The SMILES string of the molecule is COC(=O)C(/C=C/c1ccc(C(F)(F)F)cc1Cl)(c1nc(Oc2ccc(F)cc2)ccc1C#N)C(C)C. The number of aromatic nitrogens is 1. The number of benzene rings is 2. The van der Waals surface area contributed by atoms with E-state index in [4.69, 9.17) is 21.1 Å². The molecule has 0 aliphatic rings. The minimum absolute atomic E-state index is 0.00995. The first-order valence-electron chi connectivity index (χ1n) is 10.9. The van der Waals surface area contributed by atoms with Crippen molar-refractivity contribution in [2.75, 3.05) is 7.11 Å². The molecule has 1 heterocycles. The quantitative estimate of drug-likeness (QED) is 0.235. The van der Waals surface area contributed by atoms with Gasteiger partial charge in [-0.2, -0.15) is 18.4 Å². The normalized spacial score (nSPS) is 13.3. The van der Waals surface area contributed by atoms with E-state index < -0.39 is 34.9 Å². The average molecular weight is 533 g/mol. The molecule has 10 heteroatoms. The van der Waals surface area contributed by atoms with Crippen molar-refractivity contribution in [1.29, 1.82) is 5.26 Å². The second-order valence-corrected chi connectivity index (χ2v) is 8.70. The molecule has 1 atom stereocenters. The van der Waals surface area contributed by atoms with Gasteiger partial charge < -0.3 is 9.47 Å². The zero-order valence-electron chi connectivity index (χ0n) is 19.9. The summed E-state index contributed by atoms with van der Waals surface area (Å²) in [5.74, 6) is -1.47. The second-order valence-electron chi connectivity index (χ2n) is 8.30. The van der Waals surface area contributed by atoms with Gasteiger partial charge in [0.1, 0.15) is 23.1 Å². The van der Waals surface area contributed by atoms with Crippen LogP contribution in [-0.4, -0.2) is 18.1 Å². The smallest absolute Gasteiger partial charge is 0.416 e. The van der Waals surface area contributed by atoms with Crippen molar-refractivity contribution in [2.45, 2.75) is 25.4 Å². The number of esters is 1. The molecule has 5 nitrogen and oxygen atoms in total. The Morgan fingerprint density at radius 3 is 2.32 bits per heavy atom. The summed E-state index contributed by atoms with van der Waals surface area (Å²) in [4.78, 5) is 17.7. The van der Waals surface area contributed by atoms with Crippen molar-refractivity contribution in [3.8, 4) is 17.7 Å². The third kappa shape index (κ3) is 5.92. The Morgan fingerprint density at radius 2 is 1.78 bits per heavy atom. The number of carbonyl (C=O) groups excluding carboxylic acids is 1. The lowest BCUT2D eigenvalue weighted by molar-refractivity contribution is -0.147. The first-order chi connectivity index (χ1) is 17.4. The Morgan fingerprint density at radius 1 is 1.11 bits per heavy atom. The van der Waals surface area contributed by atoms with Crippen LogP contribution in [0.4, 0.5) is 17.6 Å². The molecule has 0 bridgehead atoms. The van der Waals surface area contributed by atoms with E-state index in [-0.39, 0.29) is 33.5 Å². The molecule has 0 aliphatic heterocycles. The van der Waals surface area contributed by atoms with Crippen LogP contribution < -0.4 is 4.74 Å². The second kappa shape index (κ2) is 11.0. The van der Waals surface area contributed by atoms with E-state index in [2.05, 4.69) is 4.98 Å². The fraction of sp³-hybridized carbons (Fsp3) is 0.222. The van der Waals surface area contributed by atoms with Crippen LogP contribution in [0.15, 0.2) is 60.7 Å². The third-order valence-corrected chi connectivity index (χ3v) is 6.03. The molecule has 0 radical (unpaired) electrons. The number of nitrogens with zero attached hydrogens (tertiary/aromatic N) is 2. The fourth-order valence-electron chi connectivity index (χ4n) is 3.70. The molecule has 0 amide bonds. The van der Waals surface area contributed by atoms with E-state index in [1.807, 2.05) is 6.07 Å². The molecule has 0 N–H and O–H groups in total. The molecule has 1 aromatic heterocycles. The van der Waals surface area contributed by atoms with Crippen molar-refractivity contribution in [2.24, 2.45) is 5.92 Å². The summed E-state index contributed by atoms with van der Waals surface area (Å²) in [6.45, 7) is 3.40. The predicted octanol–water partition coefficient (Wildman–Crippen LogP) is 7.34. The van der Waals surface area contributed by atoms with Crippen molar-refractivity contribution in [1.82, 2.24) is 4.98 Å². The number of pyridine rings is 1. The first kappa shape index (κ1) is 27.7. The van der Waals surface area contributed by atoms with Crippen LogP contribution in [-0.2, 0) is 21.1 Å². The highest BCUT2D eigenvalue weighted by molar-refractivity contribution is 6.32. The van der Waals surface area contributed by atoms with Gasteiger partial charge in [0.05, 0.1) is 23.9 Å². The standard InChI is InChI=1S/C27H21ClF4N2O3/c1-16(2)26(25(35)36-3,13-12-17-4-6-19(14-22(17)28)27(30,31)32)24-18(15-33)5-11-23(34-24)37-21-9-7-20(29)8-10-21/h4-14,16H,1-3H3/b13-12+. The highest BCUT2D eigenvalue weighted by Crippen LogP contribution is 2.39. The molecule has 0 saturated heterocycles. The highest BCUT2D eigenvalue weighted by atomic mass is 35.5. The number of alkyl halides is 3.